The number of hydrogen-bond acceptors (Lipinski definition) is 2. The molecule has 0 fully saturated rings. The van der Waals surface area contributed by atoms with Crippen LogP contribution in [0.15, 0.2) is 29.3 Å². The van der Waals surface area contributed by atoms with Gasteiger partial charge in [-0.2, -0.15) is 11.8 Å². The van der Waals surface area contributed by atoms with Gasteiger partial charge in [-0.1, -0.05) is 36.8 Å². The van der Waals surface area contributed by atoms with Crippen LogP contribution in [0.25, 0.3) is 0 Å². The Morgan fingerprint density at radius 3 is 2.79 bits per heavy atom. The first-order valence-corrected chi connectivity index (χ1v) is 8.06. The Morgan fingerprint density at radius 1 is 1.37 bits per heavy atom. The van der Waals surface area contributed by atoms with Crippen molar-refractivity contribution in [1.29, 1.82) is 0 Å². The van der Waals surface area contributed by atoms with E-state index in [1.165, 1.54) is 11.1 Å². The van der Waals surface area contributed by atoms with E-state index in [2.05, 4.69) is 60.0 Å². The Hall–Kier alpha value is -1.16. The quantitative estimate of drug-likeness (QED) is 0.477. The number of benzene rings is 1. The molecule has 0 amide bonds. The van der Waals surface area contributed by atoms with Crippen LogP contribution in [0.4, 0.5) is 0 Å². The first-order chi connectivity index (χ1) is 9.17. The molecule has 0 aliphatic carbocycles. The van der Waals surface area contributed by atoms with Crippen molar-refractivity contribution >= 4 is 17.7 Å². The summed E-state index contributed by atoms with van der Waals surface area (Å²) in [7, 11) is 1.81. The summed E-state index contributed by atoms with van der Waals surface area (Å²) >= 11 is 1.83. The van der Waals surface area contributed by atoms with Crippen LogP contribution < -0.4 is 10.6 Å². The van der Waals surface area contributed by atoms with Gasteiger partial charge in [-0.3, -0.25) is 4.99 Å². The van der Waals surface area contributed by atoms with Gasteiger partial charge in [-0.15, -0.1) is 0 Å². The van der Waals surface area contributed by atoms with Crippen LogP contribution in [0.2, 0.25) is 0 Å². The van der Waals surface area contributed by atoms with Gasteiger partial charge in [0.05, 0.1) is 0 Å². The lowest BCUT2D eigenvalue weighted by Gasteiger charge is -2.16. The number of rotatable bonds is 6. The van der Waals surface area contributed by atoms with Crippen LogP contribution in [-0.4, -0.2) is 38.1 Å². The molecule has 0 aliphatic rings. The SMILES string of the molecule is CN=C(NCCSC)NCC(C)c1cccc(C)c1. The fourth-order valence-corrected chi connectivity index (χ4v) is 2.14. The second-order valence-electron chi connectivity index (χ2n) is 4.69. The molecule has 106 valence electrons. The van der Waals surface area contributed by atoms with Crippen molar-refractivity contribution in [3.8, 4) is 0 Å². The van der Waals surface area contributed by atoms with Crippen molar-refractivity contribution in [2.24, 2.45) is 4.99 Å². The third-order valence-corrected chi connectivity index (χ3v) is 3.62. The summed E-state index contributed by atoms with van der Waals surface area (Å²) in [4.78, 5) is 4.23. The minimum Gasteiger partial charge on any atom is -0.356 e. The summed E-state index contributed by atoms with van der Waals surface area (Å²) in [6.45, 7) is 6.20. The van der Waals surface area contributed by atoms with Crippen LogP contribution in [0.1, 0.15) is 24.0 Å². The summed E-state index contributed by atoms with van der Waals surface area (Å²) in [5, 5.41) is 6.68. The Bertz CT molecular complexity index is 404. The fraction of sp³-hybridized carbons (Fsp3) is 0.533. The zero-order chi connectivity index (χ0) is 14.1. The Morgan fingerprint density at radius 2 is 2.16 bits per heavy atom. The van der Waals surface area contributed by atoms with E-state index in [0.717, 1.165) is 24.8 Å². The molecule has 1 aromatic rings. The molecule has 0 radical (unpaired) electrons. The number of aliphatic imine (C=N–C) groups is 1. The fourth-order valence-electron chi connectivity index (χ4n) is 1.84. The highest BCUT2D eigenvalue weighted by atomic mass is 32.2. The molecule has 2 N–H and O–H groups in total. The molecule has 0 heterocycles. The summed E-state index contributed by atoms with van der Waals surface area (Å²) in [5.74, 6) is 2.45. The standard InChI is InChI=1S/C15H25N3S/c1-12-6-5-7-14(10-12)13(2)11-18-15(16-3)17-8-9-19-4/h5-7,10,13H,8-9,11H2,1-4H3,(H2,16,17,18). The van der Waals surface area contributed by atoms with Crippen molar-refractivity contribution in [2.75, 3.05) is 32.1 Å². The van der Waals surface area contributed by atoms with Crippen LogP contribution in [0.5, 0.6) is 0 Å². The second kappa shape index (κ2) is 8.86. The van der Waals surface area contributed by atoms with E-state index in [0.29, 0.717) is 5.92 Å². The molecule has 0 spiro atoms. The maximum Gasteiger partial charge on any atom is 0.191 e. The maximum atomic E-state index is 4.23. The zero-order valence-corrected chi connectivity index (χ0v) is 13.2. The van der Waals surface area contributed by atoms with Gasteiger partial charge in [-0.05, 0) is 24.7 Å². The van der Waals surface area contributed by atoms with E-state index in [1.807, 2.05) is 18.8 Å². The van der Waals surface area contributed by atoms with E-state index in [1.54, 1.807) is 0 Å². The summed E-state index contributed by atoms with van der Waals surface area (Å²) in [5.41, 5.74) is 2.68. The Balaban J connectivity index is 2.42. The number of nitrogens with zero attached hydrogens (tertiary/aromatic N) is 1. The average molecular weight is 279 g/mol. The van der Waals surface area contributed by atoms with E-state index < -0.39 is 0 Å². The molecule has 0 saturated heterocycles. The number of guanidine groups is 1. The van der Waals surface area contributed by atoms with Gasteiger partial charge in [0.15, 0.2) is 5.96 Å². The molecule has 0 aromatic heterocycles. The largest absolute Gasteiger partial charge is 0.356 e. The molecule has 1 rings (SSSR count). The Labute approximate surface area is 121 Å². The summed E-state index contributed by atoms with van der Waals surface area (Å²) in [6.07, 6.45) is 2.11. The minimum absolute atomic E-state index is 0.471. The minimum atomic E-state index is 0.471. The van der Waals surface area contributed by atoms with Gasteiger partial charge in [0, 0.05) is 25.9 Å². The lowest BCUT2D eigenvalue weighted by molar-refractivity contribution is 0.702. The van der Waals surface area contributed by atoms with Crippen molar-refractivity contribution in [1.82, 2.24) is 10.6 Å². The molecular formula is C15H25N3S. The highest BCUT2D eigenvalue weighted by Gasteiger charge is 2.06. The van der Waals surface area contributed by atoms with Gasteiger partial charge >= 0.3 is 0 Å². The molecule has 0 saturated carbocycles. The van der Waals surface area contributed by atoms with Crippen LogP contribution >= 0.6 is 11.8 Å². The van der Waals surface area contributed by atoms with Crippen LogP contribution in [0.3, 0.4) is 0 Å². The third-order valence-electron chi connectivity index (χ3n) is 3.01. The third kappa shape index (κ3) is 6.01. The van der Waals surface area contributed by atoms with Gasteiger partial charge in [0.1, 0.15) is 0 Å². The molecule has 1 aromatic carbocycles. The molecule has 4 heteroatoms. The number of aryl methyl sites for hydroxylation is 1. The topological polar surface area (TPSA) is 36.4 Å². The zero-order valence-electron chi connectivity index (χ0n) is 12.4. The molecule has 1 unspecified atom stereocenters. The molecular weight excluding hydrogens is 254 g/mol. The number of nitrogens with one attached hydrogen (secondary N) is 2. The van der Waals surface area contributed by atoms with Gasteiger partial charge in [0.25, 0.3) is 0 Å². The van der Waals surface area contributed by atoms with Crippen molar-refractivity contribution < 1.29 is 0 Å². The van der Waals surface area contributed by atoms with Crippen molar-refractivity contribution in [3.05, 3.63) is 35.4 Å². The van der Waals surface area contributed by atoms with Gasteiger partial charge in [-0.25, -0.2) is 0 Å². The van der Waals surface area contributed by atoms with E-state index in [9.17, 15) is 0 Å². The first kappa shape index (κ1) is 15.9. The number of hydrogen-bond donors (Lipinski definition) is 2. The normalized spacial score (nSPS) is 13.2. The maximum absolute atomic E-state index is 4.23. The first-order valence-electron chi connectivity index (χ1n) is 6.67. The molecule has 1 atom stereocenters. The van der Waals surface area contributed by atoms with Crippen LogP contribution in [-0.2, 0) is 0 Å². The van der Waals surface area contributed by atoms with Crippen molar-refractivity contribution in [3.63, 3.8) is 0 Å². The van der Waals surface area contributed by atoms with Crippen molar-refractivity contribution in [2.45, 2.75) is 19.8 Å². The second-order valence-corrected chi connectivity index (χ2v) is 5.67. The van der Waals surface area contributed by atoms with E-state index in [4.69, 9.17) is 0 Å². The molecule has 0 bridgehead atoms. The molecule has 19 heavy (non-hydrogen) atoms. The van der Waals surface area contributed by atoms with Gasteiger partial charge in [0.2, 0.25) is 0 Å². The highest BCUT2D eigenvalue weighted by Crippen LogP contribution is 2.15. The van der Waals surface area contributed by atoms with E-state index in [-0.39, 0.29) is 0 Å². The lowest BCUT2D eigenvalue weighted by atomic mass is 9.99. The van der Waals surface area contributed by atoms with Gasteiger partial charge < -0.3 is 10.6 Å². The number of thioether (sulfide) groups is 1. The summed E-state index contributed by atoms with van der Waals surface area (Å²) < 4.78 is 0. The molecule has 0 aliphatic heterocycles. The smallest absolute Gasteiger partial charge is 0.191 e. The monoisotopic (exact) mass is 279 g/mol. The van der Waals surface area contributed by atoms with Crippen LogP contribution in [0, 0.1) is 6.92 Å². The predicted molar refractivity (Wildman–Crippen MR) is 87.3 cm³/mol. The molecule has 3 nitrogen and oxygen atoms in total. The predicted octanol–water partition coefficient (Wildman–Crippen LogP) is 2.63. The lowest BCUT2D eigenvalue weighted by Crippen LogP contribution is -2.40. The highest BCUT2D eigenvalue weighted by molar-refractivity contribution is 7.98. The average Bonchev–Trinajstić information content (AvgIpc) is 2.42. The Kier molecular flexibility index (Phi) is 7.41. The van der Waals surface area contributed by atoms with E-state index >= 15 is 0 Å². The summed E-state index contributed by atoms with van der Waals surface area (Å²) in [6, 6.07) is 8.68.